The molecule has 8 N–H and O–H groups in total. The number of likely N-dealkylation sites (N-methyl/N-ethyl adjacent to an activating group) is 2. The number of hydrogen-bond acceptors (Lipinski definition) is 14. The Balaban J connectivity index is 0.991. The van der Waals surface area contributed by atoms with Gasteiger partial charge in [-0.25, -0.2) is 5.43 Å². The van der Waals surface area contributed by atoms with Gasteiger partial charge in [-0.05, 0) is 119 Å². The average Bonchev–Trinajstić information content (AvgIpc) is 4.17. The van der Waals surface area contributed by atoms with Crippen LogP contribution in [0.5, 0.6) is 0 Å². The maximum atomic E-state index is 14.4. The van der Waals surface area contributed by atoms with E-state index in [1.807, 2.05) is 62.6 Å². The van der Waals surface area contributed by atoms with E-state index in [1.165, 1.54) is 24.3 Å². The largest absolute Gasteiger partial charge is 0.416 e. The summed E-state index contributed by atoms with van der Waals surface area (Å²) in [4.78, 5) is 33.6. The highest BCUT2D eigenvalue weighted by Crippen LogP contribution is 2.37. The van der Waals surface area contributed by atoms with Crippen molar-refractivity contribution < 1.29 is 35.9 Å². The number of nitrogens with zero attached hydrogens (tertiary/aromatic N) is 9. The van der Waals surface area contributed by atoms with E-state index in [0.29, 0.717) is 67.5 Å². The first-order chi connectivity index (χ1) is 38.0. The number of carbonyl (C=O) groups is 2. The van der Waals surface area contributed by atoms with E-state index in [9.17, 15) is 35.9 Å². The lowest BCUT2D eigenvalue weighted by Gasteiger charge is -2.33. The molecule has 0 spiro atoms. The maximum Gasteiger partial charge on any atom is 0.416 e. The third-order valence-corrected chi connectivity index (χ3v) is 14.3. The first-order valence-corrected chi connectivity index (χ1v) is 26.0. The number of nitrogens with two attached hydrogens (primary N) is 1. The number of piperazine rings is 1. The van der Waals surface area contributed by atoms with Gasteiger partial charge in [-0.15, -0.1) is 5.53 Å². The topological polar surface area (TPSA) is 184 Å². The second-order valence-electron chi connectivity index (χ2n) is 20.3. The Labute approximate surface area is 461 Å². The molecule has 0 atom stereocenters. The molecule has 2 aromatic heterocycles. The van der Waals surface area contributed by atoms with E-state index in [4.69, 9.17) is 10.8 Å². The van der Waals surface area contributed by atoms with Crippen LogP contribution >= 0.6 is 0 Å². The van der Waals surface area contributed by atoms with Crippen LogP contribution in [0.2, 0.25) is 0 Å². The molecule has 6 aromatic rings. The number of aryl methyl sites for hydroxylation is 4. The highest BCUT2D eigenvalue weighted by Gasteiger charge is 2.35. The van der Waals surface area contributed by atoms with Gasteiger partial charge in [0.2, 0.25) is 0 Å². The van der Waals surface area contributed by atoms with E-state index in [0.717, 1.165) is 53.3 Å². The van der Waals surface area contributed by atoms with Crippen molar-refractivity contribution >= 4 is 46.0 Å². The van der Waals surface area contributed by atoms with Crippen LogP contribution in [0.1, 0.15) is 76.6 Å². The highest BCUT2D eigenvalue weighted by molar-refractivity contribution is 6.06. The van der Waals surface area contributed by atoms with Gasteiger partial charge in [-0.1, -0.05) is 24.3 Å². The number of anilines is 4. The van der Waals surface area contributed by atoms with Crippen molar-refractivity contribution in [3.05, 3.63) is 165 Å². The first kappa shape index (κ1) is 58.4. The smallest absolute Gasteiger partial charge is 0.397 e. The number of amides is 2. The lowest BCUT2D eigenvalue weighted by Crippen LogP contribution is -2.44. The summed E-state index contributed by atoms with van der Waals surface area (Å²) in [6, 6.07) is 17.7. The number of alkyl halides is 6. The Morgan fingerprint density at radius 1 is 0.775 bits per heavy atom. The van der Waals surface area contributed by atoms with Crippen LogP contribution in [0.25, 0.3) is 11.4 Å². The molecular weight excluding hydrogens is 1040 g/mol. The summed E-state index contributed by atoms with van der Waals surface area (Å²) in [5, 5.41) is 20.8. The number of halogens is 6. The molecule has 2 aliphatic heterocycles. The van der Waals surface area contributed by atoms with Gasteiger partial charge in [0, 0.05) is 130 Å². The molecule has 0 bridgehead atoms. The molecule has 24 heteroatoms. The van der Waals surface area contributed by atoms with Crippen molar-refractivity contribution in [1.82, 2.24) is 56.0 Å². The van der Waals surface area contributed by atoms with Crippen molar-refractivity contribution in [1.29, 1.82) is 0 Å². The number of hydrogen-bond donors (Lipinski definition) is 7. The summed E-state index contributed by atoms with van der Waals surface area (Å²) in [7, 11) is 9.23. The Bertz CT molecular complexity index is 3260. The molecule has 1 fully saturated rings. The van der Waals surface area contributed by atoms with E-state index in [1.54, 1.807) is 83.8 Å². The lowest BCUT2D eigenvalue weighted by molar-refractivity contribution is -0.139. The second-order valence-corrected chi connectivity index (χ2v) is 20.3. The van der Waals surface area contributed by atoms with Crippen molar-refractivity contribution in [2.75, 3.05) is 88.1 Å². The zero-order valence-corrected chi connectivity index (χ0v) is 46.0. The van der Waals surface area contributed by atoms with E-state index < -0.39 is 35.3 Å². The zero-order valence-electron chi connectivity index (χ0n) is 46.0. The first-order valence-electron chi connectivity index (χ1n) is 26.0. The number of hydrazine groups is 3. The molecule has 8 rings (SSSR count). The summed E-state index contributed by atoms with van der Waals surface area (Å²) >= 11 is 0. The van der Waals surface area contributed by atoms with Gasteiger partial charge in [0.25, 0.3) is 11.8 Å². The number of aromatic nitrogens is 4. The fourth-order valence-corrected chi connectivity index (χ4v) is 9.45. The van der Waals surface area contributed by atoms with Crippen LogP contribution in [0.15, 0.2) is 97.6 Å². The van der Waals surface area contributed by atoms with Crippen molar-refractivity contribution in [2.45, 2.75) is 59.2 Å². The molecule has 1 saturated heterocycles. The lowest BCUT2D eigenvalue weighted by atomic mass is 10.0. The van der Waals surface area contributed by atoms with E-state index in [2.05, 4.69) is 42.3 Å². The maximum absolute atomic E-state index is 14.4. The molecule has 80 heavy (non-hydrogen) atoms. The Morgan fingerprint density at radius 3 is 2.02 bits per heavy atom. The minimum atomic E-state index is -4.66. The fourth-order valence-electron chi connectivity index (χ4n) is 9.45. The van der Waals surface area contributed by atoms with E-state index in [-0.39, 0.29) is 46.7 Å². The molecule has 0 saturated carbocycles. The van der Waals surface area contributed by atoms with Gasteiger partial charge in [-0.2, -0.15) is 36.5 Å². The monoisotopic (exact) mass is 1110 g/mol. The Morgan fingerprint density at radius 2 is 1.40 bits per heavy atom. The van der Waals surface area contributed by atoms with Gasteiger partial charge in [0.15, 0.2) is 0 Å². The predicted octanol–water partition coefficient (Wildman–Crippen LogP) is 7.45. The standard InChI is InChI=1S/C56H68F6N16O2/c1-35-9-10-39(53(79)69-44-16-14-42(48(28-44)56(60,61)62)32-75-23-21-73(7)22-24-75)25-51(35)78-34-50(70-71-78)46-31-67-76(37(46)3)19-17-38-11-12-40(26-52(38)77(64-4)33-49(63)45-30-66-74(8)36(45)2)54(80)68-43-15-13-41(29-65-18-20-72(5)6)47(27-43)55(57,58)59/h9-16,25-28,30-31,33-34,64-65,70-71H,17-24,29,32,63H2,1-8H3,(H,68,80)(H,69,79)/b49-33-. The molecule has 2 aliphatic rings. The summed E-state index contributed by atoms with van der Waals surface area (Å²) in [5.74, 6) is -1.21. The molecule has 426 valence electrons. The average molecular weight is 1110 g/mol. The van der Waals surface area contributed by atoms with Crippen LogP contribution < -0.4 is 48.1 Å². The summed E-state index contributed by atoms with van der Waals surface area (Å²) in [6.45, 7) is 10.2. The third kappa shape index (κ3) is 14.0. The number of rotatable bonds is 20. The second kappa shape index (κ2) is 24.7. The Hall–Kier alpha value is -7.74. The summed E-state index contributed by atoms with van der Waals surface area (Å²) in [5.41, 5.74) is 21.9. The van der Waals surface area contributed by atoms with Crippen LogP contribution in [0.4, 0.5) is 49.1 Å². The quantitative estimate of drug-likeness (QED) is 0.0227. The normalized spacial score (nSPS) is 14.7. The van der Waals surface area contributed by atoms with Crippen LogP contribution in [0, 0.1) is 20.8 Å². The van der Waals surface area contributed by atoms with Crippen LogP contribution in [-0.2, 0) is 45.5 Å². The third-order valence-electron chi connectivity index (χ3n) is 14.3. The molecule has 4 heterocycles. The van der Waals surface area contributed by atoms with Gasteiger partial charge in [0.05, 0.1) is 46.3 Å². The number of benzene rings is 4. The minimum Gasteiger partial charge on any atom is -0.397 e. The number of carbonyl (C=O) groups excluding carboxylic acids is 2. The molecular formula is C56H68F6N16O2. The zero-order chi connectivity index (χ0) is 57.6. The summed E-state index contributed by atoms with van der Waals surface area (Å²) in [6.07, 6.45) is -2.03. The van der Waals surface area contributed by atoms with Gasteiger partial charge >= 0.3 is 12.4 Å². The van der Waals surface area contributed by atoms with Crippen LogP contribution in [-0.4, -0.2) is 114 Å². The molecule has 4 aromatic carbocycles. The summed E-state index contributed by atoms with van der Waals surface area (Å²) < 4.78 is 89.6. The van der Waals surface area contributed by atoms with Crippen molar-refractivity contribution in [3.63, 3.8) is 0 Å². The van der Waals surface area contributed by atoms with Crippen molar-refractivity contribution in [2.24, 2.45) is 12.8 Å². The van der Waals surface area contributed by atoms with Crippen molar-refractivity contribution in [3.8, 4) is 0 Å². The molecule has 0 radical (unpaired) electrons. The van der Waals surface area contributed by atoms with Gasteiger partial charge < -0.3 is 36.9 Å². The van der Waals surface area contributed by atoms with E-state index >= 15 is 0 Å². The molecule has 0 unspecified atom stereocenters. The van der Waals surface area contributed by atoms with Crippen LogP contribution in [0.3, 0.4) is 0 Å². The minimum absolute atomic E-state index is 0.00168. The SMILES string of the molecule is CNN(/C=C(\N)c1cnn(C)c1C)c1cc(C(=O)Nc2ccc(CNCCN(C)C)c(C(F)(F)F)c2)ccc1CCn1ncc(C2=CN(c3cc(C(=O)Nc4ccc(CN5CCN(C)CC5)c(C(F)(F)F)c4)ccc3C)NN2)c1C. The molecule has 0 aliphatic carbocycles. The number of nitrogens with one attached hydrogen (secondary N) is 6. The Kier molecular flexibility index (Phi) is 18.1. The van der Waals surface area contributed by atoms with Gasteiger partial charge in [0.1, 0.15) is 0 Å². The van der Waals surface area contributed by atoms with Gasteiger partial charge in [-0.3, -0.25) is 33.9 Å². The predicted molar refractivity (Wildman–Crippen MR) is 298 cm³/mol. The highest BCUT2D eigenvalue weighted by atomic mass is 19.4. The molecule has 18 nitrogen and oxygen atoms in total. The molecule has 2 amide bonds. The fraction of sp³-hybridized carbons (Fsp3) is 0.357.